The lowest BCUT2D eigenvalue weighted by atomic mass is 9.79. The van der Waals surface area contributed by atoms with E-state index in [1.165, 1.54) is 44.9 Å². The highest BCUT2D eigenvalue weighted by molar-refractivity contribution is 4.71. The second kappa shape index (κ2) is 9.00. The molecule has 0 aromatic rings. The fraction of sp³-hybridized carbons (Fsp3) is 1.00. The Balaban J connectivity index is 1.90. The maximum absolute atomic E-state index is 5.00. The third-order valence-corrected chi connectivity index (χ3v) is 3.99. The fourth-order valence-electron chi connectivity index (χ4n) is 2.74. The quantitative estimate of drug-likeness (QED) is 0.643. The zero-order valence-electron chi connectivity index (χ0n) is 11.1. The van der Waals surface area contributed by atoms with Crippen molar-refractivity contribution in [3.8, 4) is 0 Å². The number of rotatable bonds is 8. The summed E-state index contributed by atoms with van der Waals surface area (Å²) in [5.74, 6) is 2.06. The van der Waals surface area contributed by atoms with Gasteiger partial charge >= 0.3 is 0 Å². The highest BCUT2D eigenvalue weighted by Gasteiger charge is 2.19. The molecule has 1 fully saturated rings. The molecule has 1 saturated carbocycles. The van der Waals surface area contributed by atoms with Crippen molar-refractivity contribution < 1.29 is 4.74 Å². The minimum absolute atomic E-state index is 0.835. The summed E-state index contributed by atoms with van der Waals surface area (Å²) in [6.45, 7) is 5.34. The first-order valence-corrected chi connectivity index (χ1v) is 7.06. The minimum Gasteiger partial charge on any atom is -0.383 e. The minimum atomic E-state index is 0.835. The molecule has 0 aromatic carbocycles. The lowest BCUT2D eigenvalue weighted by Gasteiger charge is -2.27. The van der Waals surface area contributed by atoms with Crippen molar-refractivity contribution in [3.63, 3.8) is 0 Å². The molecular formula is C14H29NO. The van der Waals surface area contributed by atoms with Gasteiger partial charge in [-0.15, -0.1) is 0 Å². The van der Waals surface area contributed by atoms with Crippen LogP contribution in [-0.4, -0.2) is 26.8 Å². The van der Waals surface area contributed by atoms with E-state index in [2.05, 4.69) is 12.2 Å². The zero-order valence-corrected chi connectivity index (χ0v) is 11.1. The van der Waals surface area contributed by atoms with E-state index in [0.29, 0.717) is 0 Å². The summed E-state index contributed by atoms with van der Waals surface area (Å²) >= 11 is 0. The summed E-state index contributed by atoms with van der Waals surface area (Å²) in [7, 11) is 1.76. The molecule has 2 heteroatoms. The molecular weight excluding hydrogens is 198 g/mol. The van der Waals surface area contributed by atoms with E-state index in [1.807, 2.05) is 0 Å². The van der Waals surface area contributed by atoms with Gasteiger partial charge in [0.2, 0.25) is 0 Å². The van der Waals surface area contributed by atoms with Gasteiger partial charge in [-0.25, -0.2) is 0 Å². The predicted molar refractivity (Wildman–Crippen MR) is 69.7 cm³/mol. The van der Waals surface area contributed by atoms with Gasteiger partial charge in [-0.2, -0.15) is 0 Å². The molecule has 0 bridgehead atoms. The van der Waals surface area contributed by atoms with Crippen LogP contribution in [0, 0.1) is 11.8 Å². The molecule has 0 atom stereocenters. The highest BCUT2D eigenvalue weighted by atomic mass is 16.5. The fourth-order valence-corrected chi connectivity index (χ4v) is 2.74. The zero-order chi connectivity index (χ0) is 11.6. The second-order valence-electron chi connectivity index (χ2n) is 5.18. The molecule has 0 aromatic heterocycles. The Hall–Kier alpha value is -0.0800. The SMILES string of the molecule is CCC1CCC(CCCNCCOC)CC1. The predicted octanol–water partition coefficient (Wildman–Crippen LogP) is 3.22. The number of hydrogen-bond donors (Lipinski definition) is 1. The van der Waals surface area contributed by atoms with Crippen LogP contribution in [0.4, 0.5) is 0 Å². The van der Waals surface area contributed by atoms with Crippen molar-refractivity contribution in [2.45, 2.75) is 51.9 Å². The second-order valence-corrected chi connectivity index (χ2v) is 5.18. The van der Waals surface area contributed by atoms with E-state index in [1.54, 1.807) is 7.11 Å². The third-order valence-electron chi connectivity index (χ3n) is 3.99. The van der Waals surface area contributed by atoms with Crippen molar-refractivity contribution >= 4 is 0 Å². The van der Waals surface area contributed by atoms with Crippen LogP contribution >= 0.6 is 0 Å². The van der Waals surface area contributed by atoms with Crippen molar-refractivity contribution in [2.75, 3.05) is 26.8 Å². The van der Waals surface area contributed by atoms with Crippen LogP contribution in [0.3, 0.4) is 0 Å². The maximum atomic E-state index is 5.00. The Kier molecular flexibility index (Phi) is 7.87. The Morgan fingerprint density at radius 1 is 1.06 bits per heavy atom. The Morgan fingerprint density at radius 3 is 2.38 bits per heavy atom. The molecule has 2 nitrogen and oxygen atoms in total. The van der Waals surface area contributed by atoms with E-state index in [4.69, 9.17) is 4.74 Å². The number of ether oxygens (including phenoxy) is 1. The molecule has 0 saturated heterocycles. The molecule has 0 radical (unpaired) electrons. The maximum Gasteiger partial charge on any atom is 0.0587 e. The lowest BCUT2D eigenvalue weighted by Crippen LogP contribution is -2.21. The van der Waals surface area contributed by atoms with Crippen LogP contribution in [0.15, 0.2) is 0 Å². The molecule has 1 N–H and O–H groups in total. The summed E-state index contributed by atoms with van der Waals surface area (Å²) in [6.07, 6.45) is 10.1. The van der Waals surface area contributed by atoms with E-state index in [0.717, 1.165) is 31.5 Å². The molecule has 1 aliphatic carbocycles. The van der Waals surface area contributed by atoms with Crippen molar-refractivity contribution in [3.05, 3.63) is 0 Å². The van der Waals surface area contributed by atoms with E-state index in [-0.39, 0.29) is 0 Å². The van der Waals surface area contributed by atoms with Crippen molar-refractivity contribution in [2.24, 2.45) is 11.8 Å². The van der Waals surface area contributed by atoms with Gasteiger partial charge < -0.3 is 10.1 Å². The summed E-state index contributed by atoms with van der Waals surface area (Å²) < 4.78 is 5.00. The molecule has 0 spiro atoms. The molecule has 1 aliphatic rings. The Labute approximate surface area is 101 Å². The first-order chi connectivity index (χ1) is 7.86. The van der Waals surface area contributed by atoms with Crippen LogP contribution in [0.5, 0.6) is 0 Å². The molecule has 0 amide bonds. The molecule has 0 unspecified atom stereocenters. The highest BCUT2D eigenvalue weighted by Crippen LogP contribution is 2.32. The molecule has 0 heterocycles. The number of methoxy groups -OCH3 is 1. The van der Waals surface area contributed by atoms with Crippen LogP contribution < -0.4 is 5.32 Å². The standard InChI is InChI=1S/C14H29NO/c1-3-13-6-8-14(9-7-13)5-4-10-15-11-12-16-2/h13-15H,3-12H2,1-2H3. The van der Waals surface area contributed by atoms with E-state index < -0.39 is 0 Å². The van der Waals surface area contributed by atoms with Gasteiger partial charge in [-0.3, -0.25) is 0 Å². The van der Waals surface area contributed by atoms with Gasteiger partial charge in [0.15, 0.2) is 0 Å². The van der Waals surface area contributed by atoms with Gasteiger partial charge in [-0.1, -0.05) is 39.0 Å². The van der Waals surface area contributed by atoms with Crippen LogP contribution in [-0.2, 0) is 4.74 Å². The number of nitrogens with one attached hydrogen (secondary N) is 1. The molecule has 16 heavy (non-hydrogen) atoms. The first-order valence-electron chi connectivity index (χ1n) is 7.06. The molecule has 96 valence electrons. The van der Waals surface area contributed by atoms with Gasteiger partial charge in [0.25, 0.3) is 0 Å². The lowest BCUT2D eigenvalue weighted by molar-refractivity contribution is 0.198. The largest absolute Gasteiger partial charge is 0.383 e. The first kappa shape index (κ1) is 14.0. The average molecular weight is 227 g/mol. The van der Waals surface area contributed by atoms with E-state index in [9.17, 15) is 0 Å². The average Bonchev–Trinajstić information content (AvgIpc) is 2.34. The van der Waals surface area contributed by atoms with Gasteiger partial charge in [0.05, 0.1) is 6.61 Å². The molecule has 0 aliphatic heterocycles. The van der Waals surface area contributed by atoms with Crippen LogP contribution in [0.1, 0.15) is 51.9 Å². The third kappa shape index (κ3) is 5.86. The van der Waals surface area contributed by atoms with Gasteiger partial charge in [0.1, 0.15) is 0 Å². The van der Waals surface area contributed by atoms with Gasteiger partial charge in [0, 0.05) is 13.7 Å². The Bertz CT molecular complexity index is 153. The van der Waals surface area contributed by atoms with Gasteiger partial charge in [-0.05, 0) is 31.2 Å². The van der Waals surface area contributed by atoms with Crippen LogP contribution in [0.25, 0.3) is 0 Å². The number of hydrogen-bond acceptors (Lipinski definition) is 2. The van der Waals surface area contributed by atoms with Crippen LogP contribution in [0.2, 0.25) is 0 Å². The smallest absolute Gasteiger partial charge is 0.0587 e. The van der Waals surface area contributed by atoms with Crippen molar-refractivity contribution in [1.29, 1.82) is 0 Å². The van der Waals surface area contributed by atoms with E-state index >= 15 is 0 Å². The summed E-state index contributed by atoms with van der Waals surface area (Å²) in [5.41, 5.74) is 0. The summed E-state index contributed by atoms with van der Waals surface area (Å²) in [4.78, 5) is 0. The Morgan fingerprint density at radius 2 is 1.75 bits per heavy atom. The molecule has 1 rings (SSSR count). The summed E-state index contributed by atoms with van der Waals surface area (Å²) in [5, 5.41) is 3.42. The topological polar surface area (TPSA) is 21.3 Å². The monoisotopic (exact) mass is 227 g/mol. The van der Waals surface area contributed by atoms with Crippen molar-refractivity contribution in [1.82, 2.24) is 5.32 Å². The normalized spacial score (nSPS) is 25.9. The summed E-state index contributed by atoms with van der Waals surface area (Å²) in [6, 6.07) is 0.